The van der Waals surface area contributed by atoms with Gasteiger partial charge < -0.3 is 9.30 Å². The number of aromatic nitrogens is 3. The van der Waals surface area contributed by atoms with Crippen molar-refractivity contribution in [3.63, 3.8) is 0 Å². The van der Waals surface area contributed by atoms with Gasteiger partial charge in [-0.05, 0) is 12.1 Å². The zero-order valence-corrected chi connectivity index (χ0v) is 9.27. The Morgan fingerprint density at radius 3 is 2.80 bits per heavy atom. The van der Waals surface area contributed by atoms with Gasteiger partial charge in [0.1, 0.15) is 0 Å². The monoisotopic (exact) mass is 205 g/mol. The summed E-state index contributed by atoms with van der Waals surface area (Å²) in [5.41, 5.74) is 2.36. The molecule has 0 aromatic carbocycles. The number of methoxy groups -OCH3 is 1. The normalized spacial score (nSPS) is 10.6. The fraction of sp³-hybridized carbons (Fsp3) is 0.364. The third-order valence-electron chi connectivity index (χ3n) is 2.48. The highest BCUT2D eigenvalue weighted by atomic mass is 16.5. The summed E-state index contributed by atoms with van der Waals surface area (Å²) in [6.07, 6.45) is 4.88. The SMILES string of the molecule is COc1nn(C)cc1Cc1cccn1C. The van der Waals surface area contributed by atoms with Crippen molar-refractivity contribution in [2.45, 2.75) is 6.42 Å². The second kappa shape index (κ2) is 3.81. The summed E-state index contributed by atoms with van der Waals surface area (Å²) in [4.78, 5) is 0. The number of aryl methyl sites for hydroxylation is 2. The summed E-state index contributed by atoms with van der Waals surface area (Å²) in [5, 5.41) is 4.22. The molecule has 2 rings (SSSR count). The molecule has 0 spiro atoms. The van der Waals surface area contributed by atoms with Gasteiger partial charge in [0, 0.05) is 44.2 Å². The largest absolute Gasteiger partial charge is 0.480 e. The van der Waals surface area contributed by atoms with Crippen LogP contribution in [0.25, 0.3) is 0 Å². The summed E-state index contributed by atoms with van der Waals surface area (Å²) in [6.45, 7) is 0. The fourth-order valence-corrected chi connectivity index (χ4v) is 1.69. The maximum atomic E-state index is 5.21. The second-order valence-electron chi connectivity index (χ2n) is 3.62. The molecule has 2 aromatic rings. The van der Waals surface area contributed by atoms with Crippen molar-refractivity contribution in [2.24, 2.45) is 14.1 Å². The van der Waals surface area contributed by atoms with Crippen LogP contribution in [0.1, 0.15) is 11.3 Å². The van der Waals surface area contributed by atoms with Crippen molar-refractivity contribution >= 4 is 0 Å². The highest BCUT2D eigenvalue weighted by Gasteiger charge is 2.09. The molecule has 0 amide bonds. The number of hydrogen-bond donors (Lipinski definition) is 0. The fourth-order valence-electron chi connectivity index (χ4n) is 1.69. The van der Waals surface area contributed by atoms with Crippen LogP contribution in [0.15, 0.2) is 24.5 Å². The zero-order chi connectivity index (χ0) is 10.8. The number of ether oxygens (including phenoxy) is 1. The molecule has 0 bridgehead atoms. The molecule has 0 aliphatic heterocycles. The Labute approximate surface area is 89.1 Å². The van der Waals surface area contributed by atoms with Gasteiger partial charge in [-0.1, -0.05) is 0 Å². The Morgan fingerprint density at radius 1 is 1.40 bits per heavy atom. The smallest absolute Gasteiger partial charge is 0.236 e. The van der Waals surface area contributed by atoms with Gasteiger partial charge in [-0.2, -0.15) is 0 Å². The molecule has 0 saturated heterocycles. The summed E-state index contributed by atoms with van der Waals surface area (Å²) in [6, 6.07) is 4.14. The van der Waals surface area contributed by atoms with Crippen LogP contribution < -0.4 is 4.74 Å². The molecule has 0 atom stereocenters. The third kappa shape index (κ3) is 1.88. The molecule has 0 radical (unpaired) electrons. The number of hydrogen-bond acceptors (Lipinski definition) is 2. The van der Waals surface area contributed by atoms with Crippen LogP contribution in [0.4, 0.5) is 0 Å². The number of rotatable bonds is 3. The molecule has 2 aromatic heterocycles. The van der Waals surface area contributed by atoms with Gasteiger partial charge >= 0.3 is 0 Å². The van der Waals surface area contributed by atoms with E-state index in [0.717, 1.165) is 12.0 Å². The molecule has 0 N–H and O–H groups in total. The van der Waals surface area contributed by atoms with E-state index >= 15 is 0 Å². The third-order valence-corrected chi connectivity index (χ3v) is 2.48. The van der Waals surface area contributed by atoms with E-state index in [1.807, 2.05) is 32.6 Å². The standard InChI is InChI=1S/C11H15N3O/c1-13-6-4-5-10(13)7-9-8-14(2)12-11(9)15-3/h4-6,8H,7H2,1-3H3. The molecule has 4 nitrogen and oxygen atoms in total. The summed E-state index contributed by atoms with van der Waals surface area (Å²) < 4.78 is 9.09. The van der Waals surface area contributed by atoms with Gasteiger partial charge in [-0.15, -0.1) is 5.10 Å². The highest BCUT2D eigenvalue weighted by molar-refractivity contribution is 5.28. The highest BCUT2D eigenvalue weighted by Crippen LogP contribution is 2.18. The van der Waals surface area contributed by atoms with Gasteiger partial charge in [0.2, 0.25) is 5.88 Å². The minimum Gasteiger partial charge on any atom is -0.480 e. The van der Waals surface area contributed by atoms with E-state index in [2.05, 4.69) is 15.7 Å². The number of nitrogens with zero attached hydrogens (tertiary/aromatic N) is 3. The second-order valence-corrected chi connectivity index (χ2v) is 3.62. The average Bonchev–Trinajstić information content (AvgIpc) is 2.75. The first-order chi connectivity index (χ1) is 7.20. The molecular weight excluding hydrogens is 190 g/mol. The Balaban J connectivity index is 2.27. The lowest BCUT2D eigenvalue weighted by Gasteiger charge is -2.02. The maximum absolute atomic E-state index is 5.21. The first kappa shape index (κ1) is 9.83. The van der Waals surface area contributed by atoms with Crippen LogP contribution in [-0.4, -0.2) is 21.5 Å². The van der Waals surface area contributed by atoms with Crippen molar-refractivity contribution in [1.82, 2.24) is 14.3 Å². The van der Waals surface area contributed by atoms with Crippen molar-refractivity contribution in [1.29, 1.82) is 0 Å². The first-order valence-electron chi connectivity index (χ1n) is 4.87. The van der Waals surface area contributed by atoms with Crippen LogP contribution in [0.5, 0.6) is 5.88 Å². The van der Waals surface area contributed by atoms with Gasteiger partial charge in [-0.25, -0.2) is 0 Å². The molecule has 0 saturated carbocycles. The van der Waals surface area contributed by atoms with Crippen molar-refractivity contribution in [3.8, 4) is 5.88 Å². The van der Waals surface area contributed by atoms with Gasteiger partial charge in [0.15, 0.2) is 0 Å². The van der Waals surface area contributed by atoms with E-state index in [1.165, 1.54) is 5.69 Å². The molecule has 15 heavy (non-hydrogen) atoms. The molecule has 0 unspecified atom stereocenters. The van der Waals surface area contributed by atoms with Crippen LogP contribution in [0, 0.1) is 0 Å². The van der Waals surface area contributed by atoms with E-state index in [1.54, 1.807) is 11.8 Å². The summed E-state index contributed by atoms with van der Waals surface area (Å²) in [7, 11) is 5.59. The Hall–Kier alpha value is -1.71. The van der Waals surface area contributed by atoms with Crippen LogP contribution in [-0.2, 0) is 20.5 Å². The lowest BCUT2D eigenvalue weighted by molar-refractivity contribution is 0.388. The van der Waals surface area contributed by atoms with Crippen LogP contribution >= 0.6 is 0 Å². The molecule has 80 valence electrons. The molecule has 4 heteroatoms. The van der Waals surface area contributed by atoms with E-state index in [4.69, 9.17) is 4.74 Å². The summed E-state index contributed by atoms with van der Waals surface area (Å²) >= 11 is 0. The average molecular weight is 205 g/mol. The van der Waals surface area contributed by atoms with E-state index in [-0.39, 0.29) is 0 Å². The van der Waals surface area contributed by atoms with Gasteiger partial charge in [0.05, 0.1) is 7.11 Å². The predicted molar refractivity (Wildman–Crippen MR) is 58.0 cm³/mol. The predicted octanol–water partition coefficient (Wildman–Crippen LogP) is 1.36. The molecule has 0 aliphatic rings. The minimum atomic E-state index is 0.707. The molecule has 2 heterocycles. The van der Waals surface area contributed by atoms with E-state index in [9.17, 15) is 0 Å². The summed E-state index contributed by atoms with van der Waals surface area (Å²) in [5.74, 6) is 0.707. The topological polar surface area (TPSA) is 32.0 Å². The maximum Gasteiger partial charge on any atom is 0.236 e. The minimum absolute atomic E-state index is 0.707. The Morgan fingerprint density at radius 2 is 2.20 bits per heavy atom. The van der Waals surface area contributed by atoms with E-state index < -0.39 is 0 Å². The lowest BCUT2D eigenvalue weighted by atomic mass is 10.2. The lowest BCUT2D eigenvalue weighted by Crippen LogP contribution is -1.97. The Bertz CT molecular complexity index is 456. The van der Waals surface area contributed by atoms with Crippen molar-refractivity contribution in [3.05, 3.63) is 35.8 Å². The van der Waals surface area contributed by atoms with Crippen molar-refractivity contribution in [2.75, 3.05) is 7.11 Å². The van der Waals surface area contributed by atoms with Gasteiger partial charge in [0.25, 0.3) is 0 Å². The van der Waals surface area contributed by atoms with Crippen LogP contribution in [0.3, 0.4) is 0 Å². The Kier molecular flexibility index (Phi) is 2.49. The molecule has 0 fully saturated rings. The van der Waals surface area contributed by atoms with Gasteiger partial charge in [-0.3, -0.25) is 4.68 Å². The quantitative estimate of drug-likeness (QED) is 0.757. The molecular formula is C11H15N3O. The van der Waals surface area contributed by atoms with Crippen molar-refractivity contribution < 1.29 is 4.74 Å². The molecule has 0 aliphatic carbocycles. The first-order valence-corrected chi connectivity index (χ1v) is 4.87. The van der Waals surface area contributed by atoms with Crippen LogP contribution in [0.2, 0.25) is 0 Å². The van der Waals surface area contributed by atoms with E-state index in [0.29, 0.717) is 5.88 Å². The zero-order valence-electron chi connectivity index (χ0n) is 9.27.